The van der Waals surface area contributed by atoms with Crippen molar-refractivity contribution in [3.05, 3.63) is 40.7 Å². The SMILES string of the molecule is CCCCc1c(C=O)nnn1-c1ccc(C)cc1C. The number of carbonyl (C=O) groups excluding carboxylic acids is 1. The van der Waals surface area contributed by atoms with E-state index in [1.165, 1.54) is 5.56 Å². The van der Waals surface area contributed by atoms with Gasteiger partial charge >= 0.3 is 0 Å². The predicted molar refractivity (Wildman–Crippen MR) is 74.8 cm³/mol. The van der Waals surface area contributed by atoms with E-state index in [0.29, 0.717) is 5.69 Å². The van der Waals surface area contributed by atoms with E-state index in [1.807, 2.05) is 19.1 Å². The van der Waals surface area contributed by atoms with Crippen LogP contribution in [-0.4, -0.2) is 21.3 Å². The zero-order valence-electron chi connectivity index (χ0n) is 11.7. The van der Waals surface area contributed by atoms with Crippen LogP contribution in [0.5, 0.6) is 0 Å². The Hall–Kier alpha value is -1.97. The van der Waals surface area contributed by atoms with Crippen LogP contribution in [0.15, 0.2) is 18.2 Å². The molecule has 0 saturated heterocycles. The van der Waals surface area contributed by atoms with E-state index >= 15 is 0 Å². The highest BCUT2D eigenvalue weighted by Crippen LogP contribution is 2.19. The van der Waals surface area contributed by atoms with Gasteiger partial charge in [-0.1, -0.05) is 36.3 Å². The minimum atomic E-state index is 0.452. The summed E-state index contributed by atoms with van der Waals surface area (Å²) < 4.78 is 1.80. The molecule has 1 aromatic heterocycles. The van der Waals surface area contributed by atoms with Gasteiger partial charge in [-0.2, -0.15) is 0 Å². The fraction of sp³-hybridized carbons (Fsp3) is 0.400. The Kier molecular flexibility index (Phi) is 4.10. The second-order valence-electron chi connectivity index (χ2n) is 4.84. The Morgan fingerprint density at radius 3 is 2.74 bits per heavy atom. The summed E-state index contributed by atoms with van der Waals surface area (Å²) in [5.41, 5.74) is 4.71. The van der Waals surface area contributed by atoms with Crippen molar-refractivity contribution in [2.45, 2.75) is 40.0 Å². The number of hydrogen-bond donors (Lipinski definition) is 0. The van der Waals surface area contributed by atoms with Gasteiger partial charge in [-0.15, -0.1) is 5.10 Å². The Morgan fingerprint density at radius 2 is 2.11 bits per heavy atom. The lowest BCUT2D eigenvalue weighted by atomic mass is 10.1. The van der Waals surface area contributed by atoms with Crippen LogP contribution in [0.25, 0.3) is 5.69 Å². The first kappa shape index (κ1) is 13.5. The minimum Gasteiger partial charge on any atom is -0.296 e. The summed E-state index contributed by atoms with van der Waals surface area (Å²) in [6, 6.07) is 6.19. The monoisotopic (exact) mass is 257 g/mol. The van der Waals surface area contributed by atoms with Gasteiger partial charge in [-0.3, -0.25) is 4.79 Å². The maximum absolute atomic E-state index is 11.1. The summed E-state index contributed by atoms with van der Waals surface area (Å²) in [4.78, 5) is 11.1. The molecule has 0 spiro atoms. The van der Waals surface area contributed by atoms with E-state index < -0.39 is 0 Å². The van der Waals surface area contributed by atoms with E-state index in [2.05, 4.69) is 30.2 Å². The minimum absolute atomic E-state index is 0.452. The molecule has 4 nitrogen and oxygen atoms in total. The van der Waals surface area contributed by atoms with Crippen LogP contribution in [0, 0.1) is 13.8 Å². The molecule has 0 aliphatic carbocycles. The zero-order chi connectivity index (χ0) is 13.8. The van der Waals surface area contributed by atoms with E-state index in [-0.39, 0.29) is 0 Å². The molecule has 1 heterocycles. The fourth-order valence-electron chi connectivity index (χ4n) is 2.22. The maximum atomic E-state index is 11.1. The van der Waals surface area contributed by atoms with Gasteiger partial charge in [-0.05, 0) is 38.3 Å². The van der Waals surface area contributed by atoms with Crippen molar-refractivity contribution >= 4 is 6.29 Å². The number of hydrogen-bond acceptors (Lipinski definition) is 3. The van der Waals surface area contributed by atoms with Crippen LogP contribution < -0.4 is 0 Å². The van der Waals surface area contributed by atoms with E-state index in [4.69, 9.17) is 0 Å². The van der Waals surface area contributed by atoms with Gasteiger partial charge in [0.1, 0.15) is 5.69 Å². The van der Waals surface area contributed by atoms with Gasteiger partial charge in [0.2, 0.25) is 0 Å². The molecule has 1 aromatic carbocycles. The third kappa shape index (κ3) is 2.72. The van der Waals surface area contributed by atoms with Crippen molar-refractivity contribution < 1.29 is 4.79 Å². The summed E-state index contributed by atoms with van der Waals surface area (Å²) >= 11 is 0. The Labute approximate surface area is 113 Å². The lowest BCUT2D eigenvalue weighted by molar-refractivity contribution is 0.111. The molecule has 0 bridgehead atoms. The number of unbranched alkanes of at least 4 members (excludes halogenated alkanes) is 1. The van der Waals surface area contributed by atoms with Crippen molar-refractivity contribution in [2.75, 3.05) is 0 Å². The third-order valence-electron chi connectivity index (χ3n) is 3.25. The summed E-state index contributed by atoms with van der Waals surface area (Å²) in [6.07, 6.45) is 3.72. The predicted octanol–water partition coefficient (Wildman–Crippen LogP) is 3.04. The summed E-state index contributed by atoms with van der Waals surface area (Å²) in [6.45, 7) is 6.24. The molecule has 2 rings (SSSR count). The van der Waals surface area contributed by atoms with Crippen molar-refractivity contribution in [1.82, 2.24) is 15.0 Å². The highest BCUT2D eigenvalue weighted by molar-refractivity contribution is 5.73. The molecule has 0 N–H and O–H groups in total. The van der Waals surface area contributed by atoms with Gasteiger partial charge in [0, 0.05) is 0 Å². The molecule has 0 radical (unpaired) electrons. The van der Waals surface area contributed by atoms with Gasteiger partial charge in [0.25, 0.3) is 0 Å². The molecule has 0 aliphatic heterocycles. The average molecular weight is 257 g/mol. The second-order valence-corrected chi connectivity index (χ2v) is 4.84. The van der Waals surface area contributed by atoms with Crippen LogP contribution in [0.2, 0.25) is 0 Å². The highest BCUT2D eigenvalue weighted by atomic mass is 16.1. The van der Waals surface area contributed by atoms with Crippen LogP contribution in [0.4, 0.5) is 0 Å². The number of carbonyl (C=O) groups is 1. The van der Waals surface area contributed by atoms with E-state index in [1.54, 1.807) is 4.68 Å². The lowest BCUT2D eigenvalue weighted by Gasteiger charge is -2.10. The first-order valence-corrected chi connectivity index (χ1v) is 6.64. The molecule has 0 aliphatic rings. The van der Waals surface area contributed by atoms with Gasteiger partial charge in [0.05, 0.1) is 11.4 Å². The average Bonchev–Trinajstić information content (AvgIpc) is 2.79. The molecule has 4 heteroatoms. The maximum Gasteiger partial charge on any atom is 0.172 e. The molecule has 2 aromatic rings. The van der Waals surface area contributed by atoms with Gasteiger partial charge < -0.3 is 0 Å². The van der Waals surface area contributed by atoms with Crippen LogP contribution in [0.1, 0.15) is 47.1 Å². The molecular formula is C15H19N3O. The van der Waals surface area contributed by atoms with Crippen molar-refractivity contribution in [3.63, 3.8) is 0 Å². The molecule has 0 unspecified atom stereocenters. The first-order chi connectivity index (χ1) is 9.17. The smallest absolute Gasteiger partial charge is 0.172 e. The number of rotatable bonds is 5. The molecule has 0 saturated carbocycles. The molecule has 0 fully saturated rings. The van der Waals surface area contributed by atoms with Crippen molar-refractivity contribution in [3.8, 4) is 5.69 Å². The molecular weight excluding hydrogens is 238 g/mol. The molecule has 100 valence electrons. The topological polar surface area (TPSA) is 47.8 Å². The van der Waals surface area contributed by atoms with Crippen LogP contribution in [0.3, 0.4) is 0 Å². The van der Waals surface area contributed by atoms with Crippen LogP contribution >= 0.6 is 0 Å². The summed E-state index contributed by atoms with van der Waals surface area (Å²) in [7, 11) is 0. The number of nitrogens with zero attached hydrogens (tertiary/aromatic N) is 3. The van der Waals surface area contributed by atoms with Crippen molar-refractivity contribution in [1.29, 1.82) is 0 Å². The first-order valence-electron chi connectivity index (χ1n) is 6.64. The van der Waals surface area contributed by atoms with Crippen molar-refractivity contribution in [2.24, 2.45) is 0 Å². The lowest BCUT2D eigenvalue weighted by Crippen LogP contribution is -2.05. The van der Waals surface area contributed by atoms with Gasteiger partial charge in [-0.25, -0.2) is 4.68 Å². The zero-order valence-corrected chi connectivity index (χ0v) is 11.7. The highest BCUT2D eigenvalue weighted by Gasteiger charge is 2.14. The number of aldehydes is 1. The van der Waals surface area contributed by atoms with E-state index in [0.717, 1.165) is 42.5 Å². The Balaban J connectivity index is 2.49. The third-order valence-corrected chi connectivity index (χ3v) is 3.25. The molecule has 0 atom stereocenters. The van der Waals surface area contributed by atoms with Crippen LogP contribution in [-0.2, 0) is 6.42 Å². The summed E-state index contributed by atoms with van der Waals surface area (Å²) in [5.74, 6) is 0. The quantitative estimate of drug-likeness (QED) is 0.773. The second kappa shape index (κ2) is 5.78. The number of aromatic nitrogens is 3. The number of benzene rings is 1. The molecule has 19 heavy (non-hydrogen) atoms. The summed E-state index contributed by atoms with van der Waals surface area (Å²) in [5, 5.41) is 8.11. The fourth-order valence-corrected chi connectivity index (χ4v) is 2.22. The van der Waals surface area contributed by atoms with E-state index in [9.17, 15) is 4.79 Å². The van der Waals surface area contributed by atoms with Gasteiger partial charge in [0.15, 0.2) is 6.29 Å². The largest absolute Gasteiger partial charge is 0.296 e. The standard InChI is InChI=1S/C15H19N3O/c1-4-5-6-15-13(10-19)16-17-18(15)14-8-7-11(2)9-12(14)3/h7-10H,4-6H2,1-3H3. The molecule has 0 amide bonds. The number of aryl methyl sites for hydroxylation is 2. The Bertz CT molecular complexity index is 587. The Morgan fingerprint density at radius 1 is 1.32 bits per heavy atom. The normalized spacial score (nSPS) is 10.7.